The van der Waals surface area contributed by atoms with E-state index < -0.39 is 24.4 Å². The molecule has 1 heterocycles. The first-order valence-corrected chi connectivity index (χ1v) is 4.44. The molecule has 0 bridgehead atoms. The van der Waals surface area contributed by atoms with Gasteiger partial charge in [0.05, 0.1) is 6.61 Å². The Kier molecular flexibility index (Phi) is 2.38. The van der Waals surface area contributed by atoms with Gasteiger partial charge in [0.15, 0.2) is 0 Å². The third-order valence-electron chi connectivity index (χ3n) is 2.17. The van der Waals surface area contributed by atoms with E-state index >= 15 is 0 Å². The van der Waals surface area contributed by atoms with Crippen molar-refractivity contribution >= 4 is 5.97 Å². The number of ether oxygens (including phenoxy) is 2. The second-order valence-corrected chi connectivity index (χ2v) is 3.32. The highest BCUT2D eigenvalue weighted by Gasteiger charge is 2.73. The summed E-state index contributed by atoms with van der Waals surface area (Å²) in [5.41, 5.74) is -2.76. The Morgan fingerprint density at radius 3 is 2.31 bits per heavy atom. The van der Waals surface area contributed by atoms with E-state index in [-0.39, 0.29) is 5.75 Å². The van der Waals surface area contributed by atoms with Gasteiger partial charge in [0.1, 0.15) is 5.75 Å². The van der Waals surface area contributed by atoms with Crippen LogP contribution < -0.4 is 4.74 Å². The van der Waals surface area contributed by atoms with Crippen LogP contribution in [0.5, 0.6) is 5.75 Å². The van der Waals surface area contributed by atoms with Crippen LogP contribution in [0.3, 0.4) is 0 Å². The van der Waals surface area contributed by atoms with E-state index in [0.29, 0.717) is 0 Å². The molecule has 0 amide bonds. The van der Waals surface area contributed by atoms with Crippen LogP contribution in [0, 0.1) is 0 Å². The maximum absolute atomic E-state index is 12.4. The van der Waals surface area contributed by atoms with E-state index in [1.165, 1.54) is 12.1 Å². The molecule has 1 saturated heterocycles. The van der Waals surface area contributed by atoms with Crippen LogP contribution in [0.25, 0.3) is 0 Å². The molecule has 1 unspecified atom stereocenters. The minimum absolute atomic E-state index is 0.0617. The summed E-state index contributed by atoms with van der Waals surface area (Å²) in [7, 11) is 0. The third kappa shape index (κ3) is 1.76. The van der Waals surface area contributed by atoms with Gasteiger partial charge in [-0.1, -0.05) is 18.2 Å². The van der Waals surface area contributed by atoms with Gasteiger partial charge in [-0.15, -0.1) is 0 Å². The van der Waals surface area contributed by atoms with Gasteiger partial charge in [-0.3, -0.25) is 0 Å². The molecular weight excluding hydrogens is 225 g/mol. The number of carbonyl (C=O) groups excluding carboxylic acids is 1. The zero-order valence-electron chi connectivity index (χ0n) is 7.95. The molecule has 2 rings (SSSR count). The van der Waals surface area contributed by atoms with E-state index in [9.17, 15) is 18.0 Å². The molecule has 0 spiro atoms. The molecule has 0 aromatic heterocycles. The van der Waals surface area contributed by atoms with Crippen LogP contribution in [0.15, 0.2) is 30.3 Å². The quantitative estimate of drug-likeness (QED) is 0.444. The topological polar surface area (TPSA) is 38.8 Å². The molecule has 0 aliphatic carbocycles. The number of benzene rings is 1. The standard InChI is InChI=1S/C10H7F3O3/c11-10(12,13)9(6-15-9)8(14)16-7-4-2-1-3-5-7/h1-5H,6H2. The van der Waals surface area contributed by atoms with E-state index in [4.69, 9.17) is 0 Å². The minimum Gasteiger partial charge on any atom is -0.424 e. The first kappa shape index (κ1) is 10.9. The van der Waals surface area contributed by atoms with E-state index in [2.05, 4.69) is 9.47 Å². The maximum Gasteiger partial charge on any atom is 0.430 e. The number of esters is 1. The average Bonchev–Trinajstić information content (AvgIpc) is 2.98. The van der Waals surface area contributed by atoms with Gasteiger partial charge >= 0.3 is 12.1 Å². The number of hydrogen-bond donors (Lipinski definition) is 0. The Bertz CT molecular complexity index is 396. The lowest BCUT2D eigenvalue weighted by Crippen LogP contribution is -2.43. The lowest BCUT2D eigenvalue weighted by molar-refractivity contribution is -0.198. The number of halogens is 3. The number of epoxide rings is 1. The first-order chi connectivity index (χ1) is 7.46. The second kappa shape index (κ2) is 3.48. The molecule has 3 nitrogen and oxygen atoms in total. The van der Waals surface area contributed by atoms with Crippen molar-refractivity contribution in [2.75, 3.05) is 6.61 Å². The number of rotatable bonds is 2. The number of para-hydroxylation sites is 1. The highest BCUT2D eigenvalue weighted by atomic mass is 19.4. The molecule has 0 N–H and O–H groups in total. The maximum atomic E-state index is 12.4. The van der Waals surface area contributed by atoms with Crippen LogP contribution in [-0.2, 0) is 9.53 Å². The Labute approximate surface area is 88.8 Å². The molecule has 16 heavy (non-hydrogen) atoms. The lowest BCUT2D eigenvalue weighted by Gasteiger charge is -2.14. The highest BCUT2D eigenvalue weighted by Crippen LogP contribution is 2.44. The molecule has 1 aromatic rings. The fourth-order valence-corrected chi connectivity index (χ4v) is 1.15. The van der Waals surface area contributed by atoms with Crippen LogP contribution in [0.1, 0.15) is 0 Å². The van der Waals surface area contributed by atoms with Crippen molar-refractivity contribution in [3.05, 3.63) is 30.3 Å². The van der Waals surface area contributed by atoms with Gasteiger partial charge < -0.3 is 9.47 Å². The smallest absolute Gasteiger partial charge is 0.424 e. The van der Waals surface area contributed by atoms with E-state index in [1.807, 2.05) is 0 Å². The van der Waals surface area contributed by atoms with Crippen molar-refractivity contribution in [2.24, 2.45) is 0 Å². The summed E-state index contributed by atoms with van der Waals surface area (Å²) in [6, 6.07) is 7.55. The summed E-state index contributed by atoms with van der Waals surface area (Å²) in [5.74, 6) is -1.36. The monoisotopic (exact) mass is 232 g/mol. The molecule has 0 radical (unpaired) electrons. The van der Waals surface area contributed by atoms with Gasteiger partial charge in [-0.2, -0.15) is 13.2 Å². The summed E-state index contributed by atoms with van der Waals surface area (Å²) >= 11 is 0. The van der Waals surface area contributed by atoms with Crippen molar-refractivity contribution in [2.45, 2.75) is 11.8 Å². The zero-order chi connectivity index (χ0) is 11.8. The predicted octanol–water partition coefficient (Wildman–Crippen LogP) is 1.92. The normalized spacial score (nSPS) is 23.9. The molecule has 1 aliphatic rings. The van der Waals surface area contributed by atoms with Gasteiger partial charge in [0.2, 0.25) is 0 Å². The third-order valence-corrected chi connectivity index (χ3v) is 2.17. The molecular formula is C10H7F3O3. The van der Waals surface area contributed by atoms with Gasteiger partial charge in [0.25, 0.3) is 5.60 Å². The lowest BCUT2D eigenvalue weighted by atomic mass is 10.1. The van der Waals surface area contributed by atoms with Crippen LogP contribution in [-0.4, -0.2) is 24.4 Å². The molecule has 86 valence electrons. The predicted molar refractivity (Wildman–Crippen MR) is 46.8 cm³/mol. The Morgan fingerprint density at radius 2 is 1.88 bits per heavy atom. The van der Waals surface area contributed by atoms with Crippen molar-refractivity contribution in [1.29, 1.82) is 0 Å². The van der Waals surface area contributed by atoms with Crippen LogP contribution >= 0.6 is 0 Å². The van der Waals surface area contributed by atoms with Crippen molar-refractivity contribution in [1.82, 2.24) is 0 Å². The summed E-state index contributed by atoms with van der Waals surface area (Å²) in [4.78, 5) is 11.3. The van der Waals surface area contributed by atoms with E-state index in [0.717, 1.165) is 0 Å². The van der Waals surface area contributed by atoms with Gasteiger partial charge in [-0.25, -0.2) is 4.79 Å². The Morgan fingerprint density at radius 1 is 1.31 bits per heavy atom. The summed E-state index contributed by atoms with van der Waals surface area (Å²) in [6.07, 6.45) is -4.74. The molecule has 1 aromatic carbocycles. The molecule has 1 atom stereocenters. The SMILES string of the molecule is O=C(Oc1ccccc1)C1(C(F)(F)F)CO1. The number of alkyl halides is 3. The van der Waals surface area contributed by atoms with Gasteiger partial charge in [0, 0.05) is 0 Å². The van der Waals surface area contributed by atoms with Crippen molar-refractivity contribution in [3.63, 3.8) is 0 Å². The second-order valence-electron chi connectivity index (χ2n) is 3.32. The van der Waals surface area contributed by atoms with Crippen LogP contribution in [0.2, 0.25) is 0 Å². The molecule has 1 fully saturated rings. The fraction of sp³-hybridized carbons (Fsp3) is 0.300. The fourth-order valence-electron chi connectivity index (χ4n) is 1.15. The average molecular weight is 232 g/mol. The van der Waals surface area contributed by atoms with E-state index in [1.54, 1.807) is 18.2 Å². The van der Waals surface area contributed by atoms with Gasteiger partial charge in [-0.05, 0) is 12.1 Å². The van der Waals surface area contributed by atoms with Crippen molar-refractivity contribution < 1.29 is 27.4 Å². The van der Waals surface area contributed by atoms with Crippen LogP contribution in [0.4, 0.5) is 13.2 Å². The number of carbonyl (C=O) groups is 1. The Balaban J connectivity index is 2.11. The molecule has 1 aliphatic heterocycles. The summed E-state index contributed by atoms with van der Waals surface area (Å²) in [5, 5.41) is 0. The minimum atomic E-state index is -4.74. The molecule has 6 heteroatoms. The largest absolute Gasteiger partial charge is 0.430 e. The number of hydrogen-bond acceptors (Lipinski definition) is 3. The van der Waals surface area contributed by atoms with Crippen molar-refractivity contribution in [3.8, 4) is 5.75 Å². The summed E-state index contributed by atoms with van der Waals surface area (Å²) in [6.45, 7) is -0.678. The first-order valence-electron chi connectivity index (χ1n) is 4.44. The highest BCUT2D eigenvalue weighted by molar-refractivity contribution is 5.85. The zero-order valence-corrected chi connectivity index (χ0v) is 7.95. The Hall–Kier alpha value is -1.56. The summed E-state index contributed by atoms with van der Waals surface area (Å²) < 4.78 is 46.0. The molecule has 0 saturated carbocycles.